The highest BCUT2D eigenvalue weighted by atomic mass is 79.9. The second-order valence-corrected chi connectivity index (χ2v) is 22.7. The predicted molar refractivity (Wildman–Crippen MR) is 71.7 cm³/mol. The summed E-state index contributed by atoms with van der Waals surface area (Å²) in [6.07, 6.45) is 0. The second kappa shape index (κ2) is 6.17. The van der Waals surface area contributed by atoms with E-state index < -0.39 is 30.6 Å². The van der Waals surface area contributed by atoms with Gasteiger partial charge in [-0.25, -0.2) is 0 Å². The summed E-state index contributed by atoms with van der Waals surface area (Å²) in [6.45, 7) is 10.0. The van der Waals surface area contributed by atoms with E-state index in [2.05, 4.69) is 38.8 Å². The highest BCUT2D eigenvalue weighted by Crippen LogP contribution is 2.27. The maximum atomic E-state index is 11.7. The standard InChI is InChI=1S/C4H9F3O3SSi.C3H9BrSi/c1-12(2,3)10-11(8,9)4(5,6)7;1-5(2,3)4/h1-3H3;1-3H3. The Labute approximate surface area is 111 Å². The molecular formula is C7H18BrF3O3SSi2. The summed E-state index contributed by atoms with van der Waals surface area (Å²) in [4.78, 5) is 0. The zero-order chi connectivity index (χ0) is 14.7. The van der Waals surface area contributed by atoms with Crippen LogP contribution in [0.4, 0.5) is 13.2 Å². The summed E-state index contributed by atoms with van der Waals surface area (Å²) in [5, 5.41) is 0. The van der Waals surface area contributed by atoms with Gasteiger partial charge in [-0.3, -0.25) is 0 Å². The van der Waals surface area contributed by atoms with E-state index in [4.69, 9.17) is 0 Å². The first-order valence-corrected chi connectivity index (χ1v) is 15.2. The average molecular weight is 375 g/mol. The van der Waals surface area contributed by atoms with Gasteiger partial charge in [0.25, 0.3) is 0 Å². The van der Waals surface area contributed by atoms with Crippen LogP contribution in [0.15, 0.2) is 0 Å². The van der Waals surface area contributed by atoms with Crippen LogP contribution < -0.4 is 0 Å². The molecule has 0 spiro atoms. The third-order valence-corrected chi connectivity index (χ3v) is 4.09. The smallest absolute Gasteiger partial charge is 0.309 e. The van der Waals surface area contributed by atoms with Crippen LogP contribution in [-0.2, 0) is 14.0 Å². The highest BCUT2D eigenvalue weighted by molar-refractivity contribution is 9.26. The van der Waals surface area contributed by atoms with Crippen molar-refractivity contribution in [2.75, 3.05) is 0 Å². The van der Waals surface area contributed by atoms with Crippen molar-refractivity contribution in [2.45, 2.75) is 44.8 Å². The number of alkyl halides is 3. The molecule has 0 aromatic heterocycles. The van der Waals surface area contributed by atoms with E-state index >= 15 is 0 Å². The van der Waals surface area contributed by atoms with Crippen LogP contribution in [0.1, 0.15) is 0 Å². The van der Waals surface area contributed by atoms with Gasteiger partial charge in [0.15, 0.2) is 0 Å². The van der Waals surface area contributed by atoms with Crippen LogP contribution in [0.25, 0.3) is 0 Å². The van der Waals surface area contributed by atoms with Gasteiger partial charge < -0.3 is 3.87 Å². The van der Waals surface area contributed by atoms with E-state index in [1.165, 1.54) is 19.6 Å². The Balaban J connectivity index is 0. The van der Waals surface area contributed by atoms with Crippen LogP contribution in [0, 0.1) is 0 Å². The fourth-order valence-corrected chi connectivity index (χ4v) is 3.39. The summed E-state index contributed by atoms with van der Waals surface area (Å²) in [7, 11) is -8.10. The quantitative estimate of drug-likeness (QED) is 0.418. The number of rotatable bonds is 2. The molecule has 0 unspecified atom stereocenters. The maximum absolute atomic E-state index is 11.7. The van der Waals surface area contributed by atoms with Crippen molar-refractivity contribution in [1.29, 1.82) is 0 Å². The molecule has 0 fully saturated rings. The Morgan fingerprint density at radius 1 is 1.00 bits per heavy atom. The first-order chi connectivity index (χ1) is 6.96. The normalized spacial score (nSPS) is 14.0. The minimum Gasteiger partial charge on any atom is -0.309 e. The lowest BCUT2D eigenvalue weighted by molar-refractivity contribution is -0.0503. The van der Waals surface area contributed by atoms with Crippen molar-refractivity contribution in [3.05, 3.63) is 0 Å². The van der Waals surface area contributed by atoms with Crippen molar-refractivity contribution in [2.24, 2.45) is 0 Å². The Bertz CT molecular complexity index is 324. The molecule has 0 aromatic rings. The van der Waals surface area contributed by atoms with E-state index in [0.29, 0.717) is 0 Å². The molecular weight excluding hydrogens is 357 g/mol. The van der Waals surface area contributed by atoms with Gasteiger partial charge in [0.1, 0.15) is 6.69 Å². The molecule has 0 aliphatic rings. The Hall–Kier alpha value is 0.614. The molecule has 0 aliphatic carbocycles. The zero-order valence-corrected chi connectivity index (χ0v) is 15.0. The molecule has 0 saturated heterocycles. The SMILES string of the molecule is C[Si](C)(C)Br.C[Si](C)(C)OS(=O)(=O)C(F)(F)F. The van der Waals surface area contributed by atoms with Crippen LogP contribution in [0.2, 0.25) is 39.3 Å². The van der Waals surface area contributed by atoms with E-state index in [0.717, 1.165) is 0 Å². The Morgan fingerprint density at radius 3 is 1.29 bits per heavy atom. The molecule has 0 aromatic carbocycles. The molecule has 0 rings (SSSR count). The second-order valence-electron chi connectivity index (χ2n) is 5.16. The minimum atomic E-state index is -5.39. The van der Waals surface area contributed by atoms with Gasteiger partial charge in [-0.15, -0.1) is 15.3 Å². The molecule has 0 amide bonds. The molecule has 0 saturated carbocycles. The largest absolute Gasteiger partial charge is 0.522 e. The summed E-state index contributed by atoms with van der Waals surface area (Å²) in [5.74, 6) is 0. The molecule has 10 heteroatoms. The Kier molecular flexibility index (Phi) is 7.24. The third kappa shape index (κ3) is 14.6. The van der Waals surface area contributed by atoms with Gasteiger partial charge in [-0.05, 0) is 19.6 Å². The van der Waals surface area contributed by atoms with Gasteiger partial charge in [0, 0.05) is 0 Å². The van der Waals surface area contributed by atoms with Crippen LogP contribution in [-0.4, -0.2) is 28.9 Å². The summed E-state index contributed by atoms with van der Waals surface area (Å²) < 4.78 is 59.7. The van der Waals surface area contributed by atoms with Gasteiger partial charge in [0.2, 0.25) is 8.32 Å². The number of halogens is 4. The van der Waals surface area contributed by atoms with Gasteiger partial charge in [-0.2, -0.15) is 21.6 Å². The predicted octanol–water partition coefficient (Wildman–Crippen LogP) is 3.90. The maximum Gasteiger partial charge on any atom is 0.522 e. The number of hydrogen-bond donors (Lipinski definition) is 0. The number of hydrogen-bond acceptors (Lipinski definition) is 3. The minimum absolute atomic E-state index is 0.799. The first kappa shape index (κ1) is 19.9. The molecule has 3 nitrogen and oxygen atoms in total. The molecule has 0 N–H and O–H groups in total. The zero-order valence-electron chi connectivity index (χ0n) is 10.6. The molecule has 0 aliphatic heterocycles. The average Bonchev–Trinajstić information content (AvgIpc) is 1.71. The molecule has 17 heavy (non-hydrogen) atoms. The molecule has 0 radical (unpaired) electrons. The van der Waals surface area contributed by atoms with Gasteiger partial charge >= 0.3 is 15.6 Å². The lowest BCUT2D eigenvalue weighted by atomic mass is 11.6. The summed E-state index contributed by atoms with van der Waals surface area (Å²) in [5.41, 5.74) is -5.31. The molecule has 0 heterocycles. The summed E-state index contributed by atoms with van der Waals surface area (Å²) in [6, 6.07) is 0. The van der Waals surface area contributed by atoms with E-state index in [1.807, 2.05) is 0 Å². The van der Waals surface area contributed by atoms with E-state index in [1.54, 1.807) is 0 Å². The lowest BCUT2D eigenvalue weighted by Crippen LogP contribution is -2.36. The topological polar surface area (TPSA) is 43.4 Å². The third-order valence-electron chi connectivity index (χ3n) is 0.643. The summed E-state index contributed by atoms with van der Waals surface area (Å²) >= 11 is 3.51. The van der Waals surface area contributed by atoms with E-state index in [-0.39, 0.29) is 0 Å². The van der Waals surface area contributed by atoms with Crippen molar-refractivity contribution in [1.82, 2.24) is 0 Å². The van der Waals surface area contributed by atoms with Crippen LogP contribution >= 0.6 is 15.3 Å². The van der Waals surface area contributed by atoms with Gasteiger partial charge in [-0.1, -0.05) is 19.6 Å². The lowest BCUT2D eigenvalue weighted by Gasteiger charge is -2.17. The monoisotopic (exact) mass is 374 g/mol. The van der Waals surface area contributed by atoms with Gasteiger partial charge in [0.05, 0.1) is 0 Å². The Morgan fingerprint density at radius 2 is 1.24 bits per heavy atom. The van der Waals surface area contributed by atoms with Crippen molar-refractivity contribution in [3.63, 3.8) is 0 Å². The van der Waals surface area contributed by atoms with Crippen LogP contribution in [0.5, 0.6) is 0 Å². The highest BCUT2D eigenvalue weighted by Gasteiger charge is 2.49. The fourth-order valence-electron chi connectivity index (χ4n) is 0.376. The van der Waals surface area contributed by atoms with Crippen molar-refractivity contribution in [3.8, 4) is 0 Å². The molecule has 0 bridgehead atoms. The van der Waals surface area contributed by atoms with Crippen molar-refractivity contribution < 1.29 is 25.5 Å². The van der Waals surface area contributed by atoms with E-state index in [9.17, 15) is 21.6 Å². The van der Waals surface area contributed by atoms with Crippen molar-refractivity contribution >= 4 is 40.4 Å². The molecule has 0 atom stereocenters. The fraction of sp³-hybridized carbons (Fsp3) is 1.00. The molecule has 106 valence electrons. The first-order valence-electron chi connectivity index (χ1n) is 4.66. The van der Waals surface area contributed by atoms with Crippen LogP contribution in [0.3, 0.4) is 0 Å².